The molecule has 2 aromatic carbocycles. The monoisotopic (exact) mass is 407 g/mol. The lowest BCUT2D eigenvalue weighted by molar-refractivity contribution is 0.609. The minimum atomic E-state index is -3.72. The molecule has 4 rings (SSSR count). The molecule has 1 N–H and O–H groups in total. The quantitative estimate of drug-likeness (QED) is 0.501. The maximum atomic E-state index is 12.6. The molecule has 0 amide bonds. The Morgan fingerprint density at radius 2 is 1.75 bits per heavy atom. The van der Waals surface area contributed by atoms with Gasteiger partial charge in [0.25, 0.3) is 10.0 Å². The van der Waals surface area contributed by atoms with E-state index >= 15 is 0 Å². The fraction of sp³-hybridized carbons (Fsp3) is 0.0476. The molecular formula is C21H17N3O2S2. The number of anilines is 1. The molecule has 4 aromatic rings. The zero-order chi connectivity index (χ0) is 19.6. The van der Waals surface area contributed by atoms with Gasteiger partial charge < -0.3 is 0 Å². The van der Waals surface area contributed by atoms with E-state index < -0.39 is 10.0 Å². The fourth-order valence-corrected chi connectivity index (χ4v) is 4.54. The summed E-state index contributed by atoms with van der Waals surface area (Å²) in [5, 5.41) is 3.82. The second kappa shape index (κ2) is 7.53. The van der Waals surface area contributed by atoms with Crippen LogP contribution in [0.5, 0.6) is 0 Å². The van der Waals surface area contributed by atoms with Crippen molar-refractivity contribution in [2.45, 2.75) is 6.92 Å². The lowest BCUT2D eigenvalue weighted by Gasteiger charge is -2.07. The molecule has 140 valence electrons. The predicted molar refractivity (Wildman–Crippen MR) is 116 cm³/mol. The van der Waals surface area contributed by atoms with Gasteiger partial charge in [0.15, 0.2) is 5.82 Å². The van der Waals surface area contributed by atoms with Crippen LogP contribution in [-0.2, 0) is 10.0 Å². The Labute approximate surface area is 167 Å². The van der Waals surface area contributed by atoms with Gasteiger partial charge in [0.05, 0.1) is 10.8 Å². The van der Waals surface area contributed by atoms with E-state index in [1.165, 1.54) is 17.7 Å². The first kappa shape index (κ1) is 18.3. The maximum absolute atomic E-state index is 12.6. The fourth-order valence-electron chi connectivity index (χ4n) is 2.80. The van der Waals surface area contributed by atoms with Crippen molar-refractivity contribution in [2.75, 3.05) is 4.72 Å². The van der Waals surface area contributed by atoms with Gasteiger partial charge in [0.1, 0.15) is 11.2 Å². The highest BCUT2D eigenvalue weighted by molar-refractivity contribution is 7.95. The van der Waals surface area contributed by atoms with Crippen LogP contribution < -0.4 is 4.72 Å². The van der Waals surface area contributed by atoms with Gasteiger partial charge in [-0.3, -0.25) is 4.72 Å². The maximum Gasteiger partial charge on any atom is 0.256 e. The summed E-state index contributed by atoms with van der Waals surface area (Å²) in [4.78, 5) is 9.21. The number of sulfonamides is 1. The van der Waals surface area contributed by atoms with Crippen molar-refractivity contribution in [1.29, 1.82) is 0 Å². The van der Waals surface area contributed by atoms with Crippen LogP contribution in [0.25, 0.3) is 27.4 Å². The van der Waals surface area contributed by atoms with Gasteiger partial charge in [-0.2, -0.15) is 0 Å². The van der Waals surface area contributed by atoms with Crippen LogP contribution in [0.3, 0.4) is 0 Å². The van der Waals surface area contributed by atoms with Crippen molar-refractivity contribution >= 4 is 43.5 Å². The molecule has 0 fully saturated rings. The van der Waals surface area contributed by atoms with Gasteiger partial charge in [-0.15, -0.1) is 11.3 Å². The first-order valence-corrected chi connectivity index (χ1v) is 11.0. The van der Waals surface area contributed by atoms with E-state index in [2.05, 4.69) is 14.7 Å². The molecule has 0 atom stereocenters. The Morgan fingerprint density at radius 3 is 2.50 bits per heavy atom. The number of nitrogens with one attached hydrogen (secondary N) is 1. The Hall–Kier alpha value is -3.03. The number of hydrogen-bond acceptors (Lipinski definition) is 5. The van der Waals surface area contributed by atoms with Gasteiger partial charge >= 0.3 is 0 Å². The van der Waals surface area contributed by atoms with E-state index in [-0.39, 0.29) is 5.82 Å². The van der Waals surface area contributed by atoms with Crippen LogP contribution in [0.2, 0.25) is 0 Å². The number of hydrogen-bond donors (Lipinski definition) is 1. The highest BCUT2D eigenvalue weighted by Crippen LogP contribution is 2.36. The van der Waals surface area contributed by atoms with E-state index in [4.69, 9.17) is 0 Å². The molecule has 7 heteroatoms. The van der Waals surface area contributed by atoms with Gasteiger partial charge in [-0.05, 0) is 24.1 Å². The number of nitrogens with zero attached hydrogens (tertiary/aromatic N) is 2. The van der Waals surface area contributed by atoms with Crippen LogP contribution in [0, 0.1) is 6.92 Å². The smallest absolute Gasteiger partial charge is 0.256 e. The van der Waals surface area contributed by atoms with E-state index in [1.807, 2.05) is 66.9 Å². The average Bonchev–Trinajstić information content (AvgIpc) is 3.13. The molecule has 0 aliphatic rings. The summed E-state index contributed by atoms with van der Waals surface area (Å²) in [5.74, 6) is 0.277. The summed E-state index contributed by atoms with van der Waals surface area (Å²) in [5.41, 5.74) is 3.86. The highest BCUT2D eigenvalue weighted by Gasteiger charge is 2.16. The van der Waals surface area contributed by atoms with Crippen molar-refractivity contribution in [3.05, 3.63) is 82.8 Å². The number of thiophene rings is 1. The topological polar surface area (TPSA) is 72.0 Å². The van der Waals surface area contributed by atoms with Crippen LogP contribution in [0.4, 0.5) is 5.82 Å². The first-order chi connectivity index (χ1) is 13.5. The van der Waals surface area contributed by atoms with Crippen molar-refractivity contribution in [2.24, 2.45) is 0 Å². The minimum Gasteiger partial charge on any atom is -0.263 e. The molecule has 0 bridgehead atoms. The summed E-state index contributed by atoms with van der Waals surface area (Å²) in [6, 6.07) is 17.3. The number of benzene rings is 2. The van der Waals surface area contributed by atoms with E-state index in [1.54, 1.807) is 6.08 Å². The Balaban J connectivity index is 1.72. The third-order valence-corrected chi connectivity index (χ3v) is 6.07. The summed E-state index contributed by atoms with van der Waals surface area (Å²) < 4.78 is 27.7. The molecule has 0 aliphatic carbocycles. The molecule has 28 heavy (non-hydrogen) atoms. The number of rotatable bonds is 5. The average molecular weight is 408 g/mol. The molecule has 2 aromatic heterocycles. The van der Waals surface area contributed by atoms with Crippen LogP contribution in [-0.4, -0.2) is 18.4 Å². The molecule has 0 saturated carbocycles. The minimum absolute atomic E-state index is 0.277. The largest absolute Gasteiger partial charge is 0.263 e. The van der Waals surface area contributed by atoms with Gasteiger partial charge in [-0.1, -0.05) is 60.2 Å². The Morgan fingerprint density at radius 1 is 1.00 bits per heavy atom. The molecule has 0 aliphatic heterocycles. The van der Waals surface area contributed by atoms with E-state index in [9.17, 15) is 8.42 Å². The zero-order valence-electron chi connectivity index (χ0n) is 15.0. The molecule has 0 radical (unpaired) electrons. The molecule has 2 heterocycles. The molecule has 0 spiro atoms. The van der Waals surface area contributed by atoms with Crippen molar-refractivity contribution in [3.8, 4) is 11.1 Å². The zero-order valence-corrected chi connectivity index (χ0v) is 16.7. The molecule has 0 saturated heterocycles. The third kappa shape index (κ3) is 3.95. The van der Waals surface area contributed by atoms with Crippen molar-refractivity contribution in [1.82, 2.24) is 9.97 Å². The van der Waals surface area contributed by atoms with Crippen LogP contribution in [0.15, 0.2) is 71.7 Å². The van der Waals surface area contributed by atoms with Gasteiger partial charge in [0, 0.05) is 10.9 Å². The lowest BCUT2D eigenvalue weighted by atomic mass is 10.0. The van der Waals surface area contributed by atoms with Crippen molar-refractivity contribution in [3.63, 3.8) is 0 Å². The Bertz CT molecular complexity index is 1250. The third-order valence-electron chi connectivity index (χ3n) is 4.21. The van der Waals surface area contributed by atoms with Gasteiger partial charge in [-0.25, -0.2) is 18.4 Å². The molecule has 0 unspecified atom stereocenters. The summed E-state index contributed by atoms with van der Waals surface area (Å²) >= 11 is 1.46. The standard InChI is InChI=1S/C21H17N3O2S2/c1-15-7-9-17(10-8-15)18-13-27-21-19(18)20(22-14-23-21)24-28(25,26)12-11-16-5-3-2-4-6-16/h2-14H,1H3,(H,22,23,24)/b12-11+. The number of fused-ring (bicyclic) bond motifs is 1. The van der Waals surface area contributed by atoms with Crippen LogP contribution >= 0.6 is 11.3 Å². The first-order valence-electron chi connectivity index (χ1n) is 8.57. The normalized spacial score (nSPS) is 11.9. The second-order valence-electron chi connectivity index (χ2n) is 6.28. The van der Waals surface area contributed by atoms with E-state index in [0.29, 0.717) is 5.39 Å². The van der Waals surface area contributed by atoms with Crippen LogP contribution in [0.1, 0.15) is 11.1 Å². The highest BCUT2D eigenvalue weighted by atomic mass is 32.2. The molecular weight excluding hydrogens is 390 g/mol. The molecule has 5 nitrogen and oxygen atoms in total. The number of aromatic nitrogens is 2. The predicted octanol–water partition coefficient (Wildman–Crippen LogP) is 5.08. The van der Waals surface area contributed by atoms with Gasteiger partial charge in [0.2, 0.25) is 0 Å². The second-order valence-corrected chi connectivity index (χ2v) is 8.70. The summed E-state index contributed by atoms with van der Waals surface area (Å²) in [7, 11) is -3.72. The summed E-state index contributed by atoms with van der Waals surface area (Å²) in [6.45, 7) is 2.03. The Kier molecular flexibility index (Phi) is 4.93. The summed E-state index contributed by atoms with van der Waals surface area (Å²) in [6.07, 6.45) is 2.92. The SMILES string of the molecule is Cc1ccc(-c2csc3ncnc(NS(=O)(=O)/C=C/c4ccccc4)c23)cc1. The van der Waals surface area contributed by atoms with Crippen molar-refractivity contribution < 1.29 is 8.42 Å². The number of aryl methyl sites for hydroxylation is 1. The lowest BCUT2D eigenvalue weighted by Crippen LogP contribution is -2.10. The van der Waals surface area contributed by atoms with E-state index in [0.717, 1.165) is 32.5 Å².